The molecule has 0 unspecified atom stereocenters. The molecule has 1 aromatic rings. The maximum absolute atomic E-state index is 12.9. The van der Waals surface area contributed by atoms with Crippen molar-refractivity contribution >= 4 is 5.97 Å². The molecule has 6 rings (SSSR count). The number of nitrogens with zero attached hydrogens (tertiary/aromatic N) is 1. The fraction of sp³-hybridized carbons (Fsp3) is 0.741. The van der Waals surface area contributed by atoms with Crippen molar-refractivity contribution in [2.24, 2.45) is 29.1 Å². The van der Waals surface area contributed by atoms with Crippen LogP contribution in [0.1, 0.15) is 57.4 Å². The number of piperidine rings is 1. The average molecular weight is 424 g/mol. The van der Waals surface area contributed by atoms with Gasteiger partial charge in [0.05, 0.1) is 18.1 Å². The van der Waals surface area contributed by atoms with E-state index in [2.05, 4.69) is 42.2 Å². The number of epoxide rings is 1. The van der Waals surface area contributed by atoms with Crippen LogP contribution in [-0.4, -0.2) is 48.8 Å². The Hall–Kier alpha value is -1.39. The Balaban J connectivity index is 1.08. The van der Waals surface area contributed by atoms with Crippen molar-refractivity contribution in [1.29, 1.82) is 0 Å². The Morgan fingerprint density at radius 3 is 2.65 bits per heavy atom. The summed E-state index contributed by atoms with van der Waals surface area (Å²) in [4.78, 5) is 15.5. The van der Waals surface area contributed by atoms with E-state index < -0.39 is 0 Å². The van der Waals surface area contributed by atoms with Crippen LogP contribution < -0.4 is 0 Å². The van der Waals surface area contributed by atoms with Crippen LogP contribution in [0.4, 0.5) is 0 Å². The summed E-state index contributed by atoms with van der Waals surface area (Å²) >= 11 is 0. The minimum Gasteiger partial charge on any atom is -0.462 e. The molecule has 3 heterocycles. The van der Waals surface area contributed by atoms with Gasteiger partial charge in [0.15, 0.2) is 0 Å². The lowest BCUT2D eigenvalue weighted by Gasteiger charge is -2.51. The normalized spacial score (nSPS) is 42.8. The topological polar surface area (TPSA) is 42.1 Å². The number of likely N-dealkylation sites (tertiary alicyclic amines) is 1. The first kappa shape index (κ1) is 20.2. The molecule has 1 aromatic carbocycles. The van der Waals surface area contributed by atoms with E-state index in [0.717, 1.165) is 45.0 Å². The van der Waals surface area contributed by atoms with E-state index in [4.69, 9.17) is 9.47 Å². The molecular weight excluding hydrogens is 386 g/mol. The van der Waals surface area contributed by atoms with Crippen LogP contribution in [-0.2, 0) is 20.7 Å². The fourth-order valence-corrected chi connectivity index (χ4v) is 7.76. The molecule has 5 fully saturated rings. The molecule has 5 aliphatic rings. The van der Waals surface area contributed by atoms with E-state index in [9.17, 15) is 4.79 Å². The number of carbonyl (C=O) groups is 1. The third-order valence-electron chi connectivity index (χ3n) is 9.61. The zero-order chi connectivity index (χ0) is 21.1. The summed E-state index contributed by atoms with van der Waals surface area (Å²) in [6.45, 7) is 6.52. The van der Waals surface area contributed by atoms with E-state index in [-0.39, 0.29) is 23.6 Å². The largest absolute Gasteiger partial charge is 0.462 e. The number of esters is 1. The van der Waals surface area contributed by atoms with Crippen LogP contribution in [0, 0.1) is 29.1 Å². The highest BCUT2D eigenvalue weighted by Crippen LogP contribution is 2.62. The Bertz CT molecular complexity index is 813. The zero-order valence-corrected chi connectivity index (χ0v) is 18.9. The molecule has 0 radical (unpaired) electrons. The maximum Gasteiger partial charge on any atom is 0.310 e. The molecule has 2 aliphatic carbocycles. The van der Waals surface area contributed by atoms with Gasteiger partial charge in [0.25, 0.3) is 0 Å². The second-order valence-electron chi connectivity index (χ2n) is 11.5. The lowest BCUT2D eigenvalue weighted by atomic mass is 9.53. The Labute approximate surface area is 186 Å². The quantitative estimate of drug-likeness (QED) is 0.529. The molecule has 0 N–H and O–H groups in total. The summed E-state index contributed by atoms with van der Waals surface area (Å²) in [5, 5.41) is 0. The van der Waals surface area contributed by atoms with Gasteiger partial charge in [-0.05, 0) is 87.3 Å². The number of fused-ring (bicyclic) bond motifs is 3. The predicted octanol–water partition coefficient (Wildman–Crippen LogP) is 4.47. The maximum atomic E-state index is 12.9. The van der Waals surface area contributed by atoms with Crippen molar-refractivity contribution in [3.63, 3.8) is 0 Å². The van der Waals surface area contributed by atoms with Gasteiger partial charge in [0.2, 0.25) is 0 Å². The van der Waals surface area contributed by atoms with Crippen molar-refractivity contribution in [1.82, 2.24) is 4.90 Å². The van der Waals surface area contributed by atoms with Crippen LogP contribution in [0.15, 0.2) is 30.3 Å². The Morgan fingerprint density at radius 2 is 1.90 bits per heavy atom. The number of rotatable bonds is 4. The summed E-state index contributed by atoms with van der Waals surface area (Å²) in [7, 11) is 0. The molecule has 6 atom stereocenters. The molecule has 0 aromatic heterocycles. The van der Waals surface area contributed by atoms with Crippen molar-refractivity contribution in [3.05, 3.63) is 35.9 Å². The van der Waals surface area contributed by atoms with Crippen LogP contribution in [0.2, 0.25) is 0 Å². The predicted molar refractivity (Wildman–Crippen MR) is 120 cm³/mol. The highest BCUT2D eigenvalue weighted by atomic mass is 16.6. The summed E-state index contributed by atoms with van der Waals surface area (Å²) in [6.07, 6.45) is 9.74. The lowest BCUT2D eigenvalue weighted by Crippen LogP contribution is -2.51. The van der Waals surface area contributed by atoms with E-state index in [1.54, 1.807) is 0 Å². The first-order chi connectivity index (χ1) is 15.0. The van der Waals surface area contributed by atoms with Gasteiger partial charge in [-0.2, -0.15) is 0 Å². The minimum atomic E-state index is 0.0675. The number of hydrogen-bond donors (Lipinski definition) is 0. The third-order valence-corrected chi connectivity index (χ3v) is 9.61. The van der Waals surface area contributed by atoms with E-state index in [1.807, 2.05) is 0 Å². The van der Waals surface area contributed by atoms with Crippen molar-refractivity contribution in [3.8, 4) is 0 Å². The zero-order valence-electron chi connectivity index (χ0n) is 18.9. The smallest absolute Gasteiger partial charge is 0.310 e. The molecule has 2 saturated carbocycles. The molecular formula is C27H37NO3. The number of benzene rings is 1. The molecule has 3 aliphatic heterocycles. The highest BCUT2D eigenvalue weighted by molar-refractivity contribution is 5.75. The Kier molecular flexibility index (Phi) is 4.95. The molecule has 3 saturated heterocycles. The lowest BCUT2D eigenvalue weighted by molar-refractivity contribution is -0.147. The standard InChI is InChI=1S/C27H37NO3/c1-26-10-5-11-27(18-30-27)24(26)15-21-22(25(29)31-23(21)16-26)17-28-12-8-20(9-13-28)14-19-6-3-2-4-7-19/h2-4,6-7,20-24H,5,8-18H2,1H3/t21-,22-,23-,24-,26-,27-/m1/s1. The number of carbonyl (C=O) groups excluding carboxylic acids is 1. The van der Waals surface area contributed by atoms with E-state index in [1.165, 1.54) is 44.1 Å². The average Bonchev–Trinajstić information content (AvgIpc) is 3.47. The van der Waals surface area contributed by atoms with Gasteiger partial charge in [-0.25, -0.2) is 0 Å². The fourth-order valence-electron chi connectivity index (χ4n) is 7.76. The second-order valence-corrected chi connectivity index (χ2v) is 11.5. The summed E-state index contributed by atoms with van der Waals surface area (Å²) in [6, 6.07) is 10.9. The van der Waals surface area contributed by atoms with Crippen LogP contribution in [0.3, 0.4) is 0 Å². The van der Waals surface area contributed by atoms with Gasteiger partial charge in [0, 0.05) is 12.5 Å². The third kappa shape index (κ3) is 3.64. The van der Waals surface area contributed by atoms with Crippen molar-refractivity contribution < 1.29 is 14.3 Å². The van der Waals surface area contributed by atoms with Crippen molar-refractivity contribution in [2.75, 3.05) is 26.2 Å². The van der Waals surface area contributed by atoms with Crippen LogP contribution >= 0.6 is 0 Å². The van der Waals surface area contributed by atoms with Gasteiger partial charge < -0.3 is 14.4 Å². The molecule has 4 nitrogen and oxygen atoms in total. The second kappa shape index (κ2) is 7.59. The van der Waals surface area contributed by atoms with Crippen LogP contribution in [0.25, 0.3) is 0 Å². The minimum absolute atomic E-state index is 0.0675. The van der Waals surface area contributed by atoms with Gasteiger partial charge in [-0.1, -0.05) is 37.3 Å². The molecule has 0 bridgehead atoms. The SMILES string of the molecule is C[C@]12CCC[C@@]3(CO3)[C@@H]1C[C@H]1[C@@H](C2)OC(=O)[C@@H]1CN1CCC(Cc2ccccc2)CC1. The summed E-state index contributed by atoms with van der Waals surface area (Å²) in [5.41, 5.74) is 1.89. The molecule has 0 amide bonds. The number of hydrogen-bond acceptors (Lipinski definition) is 4. The monoisotopic (exact) mass is 423 g/mol. The van der Waals surface area contributed by atoms with Crippen LogP contribution in [0.5, 0.6) is 0 Å². The molecule has 1 spiro atoms. The Morgan fingerprint density at radius 1 is 1.13 bits per heavy atom. The van der Waals surface area contributed by atoms with Crippen molar-refractivity contribution in [2.45, 2.75) is 70.0 Å². The van der Waals surface area contributed by atoms with Gasteiger partial charge in [-0.3, -0.25) is 4.79 Å². The first-order valence-corrected chi connectivity index (χ1v) is 12.7. The molecule has 31 heavy (non-hydrogen) atoms. The van der Waals surface area contributed by atoms with Gasteiger partial charge >= 0.3 is 5.97 Å². The number of ether oxygens (including phenoxy) is 2. The van der Waals surface area contributed by atoms with Gasteiger partial charge in [-0.15, -0.1) is 0 Å². The van der Waals surface area contributed by atoms with Gasteiger partial charge in [0.1, 0.15) is 6.10 Å². The summed E-state index contributed by atoms with van der Waals surface area (Å²) < 4.78 is 12.1. The first-order valence-electron chi connectivity index (χ1n) is 12.7. The molecule has 168 valence electrons. The summed E-state index contributed by atoms with van der Waals surface area (Å²) in [5.74, 6) is 1.93. The highest BCUT2D eigenvalue weighted by Gasteiger charge is 2.65. The van der Waals surface area contributed by atoms with E-state index >= 15 is 0 Å². The molecule has 4 heteroatoms. The van der Waals surface area contributed by atoms with E-state index in [0.29, 0.717) is 17.3 Å².